The summed E-state index contributed by atoms with van der Waals surface area (Å²) in [6.07, 6.45) is 0. The van der Waals surface area contributed by atoms with Crippen molar-refractivity contribution < 1.29 is 28.5 Å². The van der Waals surface area contributed by atoms with E-state index in [2.05, 4.69) is 10.2 Å². The summed E-state index contributed by atoms with van der Waals surface area (Å²) in [6, 6.07) is 13.4. The van der Waals surface area contributed by atoms with Crippen molar-refractivity contribution in [1.82, 2.24) is 10.2 Å². The van der Waals surface area contributed by atoms with E-state index in [1.807, 2.05) is 6.07 Å². The summed E-state index contributed by atoms with van der Waals surface area (Å²) in [5.74, 6) is 1.62. The minimum Gasteiger partial charge on any atom is -0.497 e. The molecule has 3 aromatic rings. The molecular formula is C21H20N2O6. The molecule has 0 amide bonds. The lowest BCUT2D eigenvalue weighted by atomic mass is 10.1. The Bertz CT molecular complexity index is 982. The summed E-state index contributed by atoms with van der Waals surface area (Å²) in [4.78, 5) is 12.4. The molecule has 29 heavy (non-hydrogen) atoms. The monoisotopic (exact) mass is 396 g/mol. The molecule has 0 fully saturated rings. The maximum absolute atomic E-state index is 12.4. The number of aromatic nitrogens is 2. The first-order valence-electron chi connectivity index (χ1n) is 8.59. The van der Waals surface area contributed by atoms with Crippen LogP contribution < -0.4 is 23.7 Å². The molecule has 150 valence electrons. The van der Waals surface area contributed by atoms with Crippen LogP contribution >= 0.6 is 0 Å². The number of carbonyl (C=O) groups is 1. The molecule has 0 bridgehead atoms. The van der Waals surface area contributed by atoms with E-state index >= 15 is 0 Å². The molecule has 0 spiro atoms. The van der Waals surface area contributed by atoms with E-state index in [1.165, 1.54) is 14.2 Å². The fourth-order valence-electron chi connectivity index (χ4n) is 2.60. The predicted molar refractivity (Wildman–Crippen MR) is 105 cm³/mol. The molecule has 0 saturated carbocycles. The van der Waals surface area contributed by atoms with Gasteiger partial charge in [0.25, 0.3) is 0 Å². The number of ether oxygens (including phenoxy) is 5. The van der Waals surface area contributed by atoms with E-state index in [0.29, 0.717) is 28.7 Å². The van der Waals surface area contributed by atoms with Gasteiger partial charge in [-0.15, -0.1) is 10.2 Å². The second-order valence-corrected chi connectivity index (χ2v) is 5.82. The van der Waals surface area contributed by atoms with Crippen LogP contribution in [0, 0.1) is 0 Å². The lowest BCUT2D eigenvalue weighted by molar-refractivity contribution is 0.0725. The zero-order chi connectivity index (χ0) is 20.8. The molecule has 0 radical (unpaired) electrons. The van der Waals surface area contributed by atoms with Gasteiger partial charge in [0.2, 0.25) is 5.88 Å². The van der Waals surface area contributed by atoms with Crippen molar-refractivity contribution in [3.8, 4) is 40.1 Å². The highest BCUT2D eigenvalue weighted by Crippen LogP contribution is 2.31. The molecule has 0 aliphatic heterocycles. The maximum atomic E-state index is 12.4. The average Bonchev–Trinajstić information content (AvgIpc) is 2.78. The van der Waals surface area contributed by atoms with Crippen LogP contribution in [0.1, 0.15) is 10.4 Å². The maximum Gasteiger partial charge on any atom is 0.345 e. The number of hydrogen-bond donors (Lipinski definition) is 0. The third-order valence-electron chi connectivity index (χ3n) is 4.10. The summed E-state index contributed by atoms with van der Waals surface area (Å²) in [5.41, 5.74) is 1.64. The summed E-state index contributed by atoms with van der Waals surface area (Å²) in [6.45, 7) is 0. The lowest BCUT2D eigenvalue weighted by Crippen LogP contribution is -2.10. The van der Waals surface area contributed by atoms with Crippen molar-refractivity contribution in [1.29, 1.82) is 0 Å². The molecule has 1 aromatic heterocycles. The highest BCUT2D eigenvalue weighted by molar-refractivity contribution is 5.91. The molecule has 0 atom stereocenters. The molecule has 8 heteroatoms. The van der Waals surface area contributed by atoms with Gasteiger partial charge >= 0.3 is 5.97 Å². The zero-order valence-electron chi connectivity index (χ0n) is 16.5. The molecule has 0 aliphatic carbocycles. The van der Waals surface area contributed by atoms with Crippen LogP contribution in [0.5, 0.6) is 28.9 Å². The van der Waals surface area contributed by atoms with E-state index in [0.717, 1.165) is 5.56 Å². The highest BCUT2D eigenvalue weighted by atomic mass is 16.5. The quantitative estimate of drug-likeness (QED) is 0.562. The van der Waals surface area contributed by atoms with Crippen molar-refractivity contribution in [3.63, 3.8) is 0 Å². The summed E-state index contributed by atoms with van der Waals surface area (Å²) < 4.78 is 26.2. The fraction of sp³-hybridized carbons (Fsp3) is 0.190. The number of esters is 1. The Labute approximate surface area is 168 Å². The molecule has 0 saturated heterocycles. The molecule has 3 rings (SSSR count). The van der Waals surface area contributed by atoms with Gasteiger partial charge in [-0.05, 0) is 36.4 Å². The third kappa shape index (κ3) is 4.55. The van der Waals surface area contributed by atoms with Gasteiger partial charge < -0.3 is 23.7 Å². The Morgan fingerprint density at radius 2 is 1.41 bits per heavy atom. The normalized spacial score (nSPS) is 10.2. The number of nitrogens with zero attached hydrogens (tertiary/aromatic N) is 2. The smallest absolute Gasteiger partial charge is 0.345 e. The molecule has 1 heterocycles. The Morgan fingerprint density at radius 3 is 1.97 bits per heavy atom. The predicted octanol–water partition coefficient (Wildman–Crippen LogP) is 3.40. The molecule has 8 nitrogen and oxygen atoms in total. The fourth-order valence-corrected chi connectivity index (χ4v) is 2.60. The number of methoxy groups -OCH3 is 4. The number of hydrogen-bond acceptors (Lipinski definition) is 8. The van der Waals surface area contributed by atoms with Gasteiger partial charge in [0, 0.05) is 17.7 Å². The first kappa shape index (κ1) is 19.9. The van der Waals surface area contributed by atoms with Gasteiger partial charge in [-0.3, -0.25) is 0 Å². The SMILES string of the molecule is COc1cc(OC)cc(C(=O)Oc2ccc(-c3ccc(OC)c(OC)c3)nn2)c1. The van der Waals surface area contributed by atoms with Crippen LogP contribution in [0.3, 0.4) is 0 Å². The van der Waals surface area contributed by atoms with Crippen molar-refractivity contribution in [2.75, 3.05) is 28.4 Å². The molecule has 2 aromatic carbocycles. The summed E-state index contributed by atoms with van der Waals surface area (Å²) >= 11 is 0. The van der Waals surface area contributed by atoms with Gasteiger partial charge in [-0.25, -0.2) is 4.79 Å². The second kappa shape index (κ2) is 8.92. The van der Waals surface area contributed by atoms with Crippen LogP contribution in [0.4, 0.5) is 0 Å². The molecule has 0 unspecified atom stereocenters. The van der Waals surface area contributed by atoms with Crippen molar-refractivity contribution in [2.24, 2.45) is 0 Å². The largest absolute Gasteiger partial charge is 0.497 e. The van der Waals surface area contributed by atoms with Gasteiger partial charge in [0.05, 0.1) is 39.7 Å². The zero-order valence-corrected chi connectivity index (χ0v) is 16.5. The highest BCUT2D eigenvalue weighted by Gasteiger charge is 2.14. The van der Waals surface area contributed by atoms with E-state index in [1.54, 1.807) is 56.7 Å². The topological polar surface area (TPSA) is 89.0 Å². The van der Waals surface area contributed by atoms with Crippen LogP contribution in [-0.4, -0.2) is 44.6 Å². The van der Waals surface area contributed by atoms with Crippen molar-refractivity contribution >= 4 is 5.97 Å². The van der Waals surface area contributed by atoms with Crippen molar-refractivity contribution in [2.45, 2.75) is 0 Å². The number of carbonyl (C=O) groups excluding carboxylic acids is 1. The molecular weight excluding hydrogens is 376 g/mol. The first-order valence-corrected chi connectivity index (χ1v) is 8.59. The van der Waals surface area contributed by atoms with Crippen molar-refractivity contribution in [3.05, 3.63) is 54.1 Å². The number of rotatable bonds is 7. The van der Waals surface area contributed by atoms with Gasteiger partial charge in [0.1, 0.15) is 11.5 Å². The first-order chi connectivity index (χ1) is 14.1. The summed E-state index contributed by atoms with van der Waals surface area (Å²) in [5, 5.41) is 8.10. The lowest BCUT2D eigenvalue weighted by Gasteiger charge is -2.10. The Balaban J connectivity index is 1.78. The summed E-state index contributed by atoms with van der Waals surface area (Å²) in [7, 11) is 6.13. The van der Waals surface area contributed by atoms with Gasteiger partial charge in [0.15, 0.2) is 11.5 Å². The molecule has 0 aliphatic rings. The minimum absolute atomic E-state index is 0.0704. The second-order valence-electron chi connectivity index (χ2n) is 5.82. The Morgan fingerprint density at radius 1 is 0.724 bits per heavy atom. The Kier molecular flexibility index (Phi) is 6.13. The van der Waals surface area contributed by atoms with Gasteiger partial charge in [-0.1, -0.05) is 0 Å². The van der Waals surface area contributed by atoms with Crippen LogP contribution in [-0.2, 0) is 0 Å². The Hall–Kier alpha value is -3.81. The van der Waals surface area contributed by atoms with E-state index in [9.17, 15) is 4.79 Å². The van der Waals surface area contributed by atoms with E-state index in [4.69, 9.17) is 23.7 Å². The van der Waals surface area contributed by atoms with Crippen LogP contribution in [0.2, 0.25) is 0 Å². The van der Waals surface area contributed by atoms with Crippen LogP contribution in [0.15, 0.2) is 48.5 Å². The third-order valence-corrected chi connectivity index (χ3v) is 4.10. The standard InChI is InChI=1S/C21H20N2O6/c1-25-15-9-14(10-16(12-15)26-2)21(24)29-20-8-6-17(22-23-20)13-5-7-18(27-3)19(11-13)28-4/h5-12H,1-4H3. The van der Waals surface area contributed by atoms with Crippen LogP contribution in [0.25, 0.3) is 11.3 Å². The molecule has 0 N–H and O–H groups in total. The minimum atomic E-state index is -0.602. The number of benzene rings is 2. The van der Waals surface area contributed by atoms with Gasteiger partial charge in [-0.2, -0.15) is 0 Å². The van der Waals surface area contributed by atoms with E-state index < -0.39 is 5.97 Å². The van der Waals surface area contributed by atoms with E-state index in [-0.39, 0.29) is 11.4 Å². The average molecular weight is 396 g/mol.